The molecule has 0 unspecified atom stereocenters. The number of carbonyl (C=O) groups is 1. The Labute approximate surface area is 127 Å². The third-order valence-electron chi connectivity index (χ3n) is 2.97. The Bertz CT molecular complexity index is 674. The first-order valence-electron chi connectivity index (χ1n) is 6.28. The second-order valence-corrected chi connectivity index (χ2v) is 4.88. The van der Waals surface area contributed by atoms with Gasteiger partial charge in [0, 0.05) is 11.1 Å². The summed E-state index contributed by atoms with van der Waals surface area (Å²) in [6, 6.07) is 8.49. The van der Waals surface area contributed by atoms with Crippen molar-refractivity contribution < 1.29 is 14.6 Å². The molecule has 0 aliphatic carbocycles. The number of benzene rings is 1. The van der Waals surface area contributed by atoms with Crippen LogP contribution in [0.3, 0.4) is 0 Å². The number of carboxylic acids is 1. The van der Waals surface area contributed by atoms with Crippen molar-refractivity contribution in [3.63, 3.8) is 0 Å². The number of anilines is 1. The van der Waals surface area contributed by atoms with Gasteiger partial charge in [0.05, 0.1) is 25.0 Å². The van der Waals surface area contributed by atoms with Crippen LogP contribution in [0.25, 0.3) is 0 Å². The van der Waals surface area contributed by atoms with E-state index in [0.29, 0.717) is 23.0 Å². The molecule has 5 nitrogen and oxygen atoms in total. The molecule has 0 spiro atoms. The van der Waals surface area contributed by atoms with E-state index in [1.165, 1.54) is 6.07 Å². The quantitative estimate of drug-likeness (QED) is 0.886. The molecule has 0 bridgehead atoms. The van der Waals surface area contributed by atoms with E-state index in [2.05, 4.69) is 10.3 Å². The van der Waals surface area contributed by atoms with E-state index in [9.17, 15) is 4.79 Å². The first-order valence-corrected chi connectivity index (χ1v) is 6.66. The highest BCUT2D eigenvalue weighted by Crippen LogP contribution is 2.31. The molecule has 1 aromatic heterocycles. The molecule has 110 valence electrons. The lowest BCUT2D eigenvalue weighted by molar-refractivity contribution is 0.0690. The standard InChI is InChI=1S/C15H15ClN2O3/c1-9-6-13(14(21-2)7-11(9)16)17-8-10-4-3-5-12(18-10)15(19)20/h3-7,17H,8H2,1-2H3,(H,19,20). The smallest absolute Gasteiger partial charge is 0.354 e. The van der Waals surface area contributed by atoms with Gasteiger partial charge < -0.3 is 15.2 Å². The van der Waals surface area contributed by atoms with Gasteiger partial charge in [-0.15, -0.1) is 0 Å². The lowest BCUT2D eigenvalue weighted by Crippen LogP contribution is -2.07. The first-order chi connectivity index (χ1) is 10.0. The molecule has 1 aromatic carbocycles. The van der Waals surface area contributed by atoms with Crippen LogP contribution in [0.2, 0.25) is 5.02 Å². The van der Waals surface area contributed by atoms with Crippen molar-refractivity contribution in [1.29, 1.82) is 0 Å². The Kier molecular flexibility index (Phi) is 4.65. The van der Waals surface area contributed by atoms with Crippen LogP contribution in [0.5, 0.6) is 5.75 Å². The fourth-order valence-electron chi connectivity index (χ4n) is 1.85. The molecular formula is C15H15ClN2O3. The average Bonchev–Trinajstić information content (AvgIpc) is 2.48. The molecule has 2 rings (SSSR count). The van der Waals surface area contributed by atoms with Crippen molar-refractivity contribution in [3.05, 3.63) is 52.3 Å². The van der Waals surface area contributed by atoms with Crippen LogP contribution < -0.4 is 10.1 Å². The van der Waals surface area contributed by atoms with Gasteiger partial charge in [-0.25, -0.2) is 9.78 Å². The highest BCUT2D eigenvalue weighted by atomic mass is 35.5. The molecule has 2 aromatic rings. The van der Waals surface area contributed by atoms with Gasteiger partial charge in [-0.3, -0.25) is 0 Å². The highest BCUT2D eigenvalue weighted by molar-refractivity contribution is 6.31. The Balaban J connectivity index is 2.18. The fraction of sp³-hybridized carbons (Fsp3) is 0.200. The number of ether oxygens (including phenoxy) is 1. The Hall–Kier alpha value is -2.27. The lowest BCUT2D eigenvalue weighted by atomic mass is 10.2. The average molecular weight is 307 g/mol. The maximum Gasteiger partial charge on any atom is 0.354 e. The van der Waals surface area contributed by atoms with Gasteiger partial charge >= 0.3 is 5.97 Å². The summed E-state index contributed by atoms with van der Waals surface area (Å²) in [5.41, 5.74) is 2.35. The molecule has 2 N–H and O–H groups in total. The summed E-state index contributed by atoms with van der Waals surface area (Å²) in [5.74, 6) is -0.420. The molecule has 6 heteroatoms. The van der Waals surface area contributed by atoms with Crippen LogP contribution in [0.1, 0.15) is 21.7 Å². The van der Waals surface area contributed by atoms with Crippen LogP contribution in [0.15, 0.2) is 30.3 Å². The number of aromatic nitrogens is 1. The number of aryl methyl sites for hydroxylation is 1. The second kappa shape index (κ2) is 6.45. The normalized spacial score (nSPS) is 10.2. The van der Waals surface area contributed by atoms with Gasteiger partial charge in [-0.05, 0) is 30.7 Å². The zero-order valence-electron chi connectivity index (χ0n) is 11.7. The first kappa shape index (κ1) is 15.1. The fourth-order valence-corrected chi connectivity index (χ4v) is 2.01. The van der Waals surface area contributed by atoms with Crippen molar-refractivity contribution in [2.24, 2.45) is 0 Å². The lowest BCUT2D eigenvalue weighted by Gasteiger charge is -2.13. The number of nitrogens with one attached hydrogen (secondary N) is 1. The van der Waals surface area contributed by atoms with Gasteiger partial charge in [0.2, 0.25) is 0 Å². The summed E-state index contributed by atoms with van der Waals surface area (Å²) in [4.78, 5) is 14.9. The van der Waals surface area contributed by atoms with Crippen molar-refractivity contribution in [2.45, 2.75) is 13.5 Å². The minimum atomic E-state index is -1.04. The van der Waals surface area contributed by atoms with Crippen LogP contribution in [-0.4, -0.2) is 23.2 Å². The number of nitrogens with zero attached hydrogens (tertiary/aromatic N) is 1. The second-order valence-electron chi connectivity index (χ2n) is 4.47. The van der Waals surface area contributed by atoms with E-state index in [1.807, 2.05) is 13.0 Å². The molecule has 0 amide bonds. The Morgan fingerprint density at radius 2 is 2.19 bits per heavy atom. The summed E-state index contributed by atoms with van der Waals surface area (Å²) in [7, 11) is 1.56. The summed E-state index contributed by atoms with van der Waals surface area (Å²) in [6.07, 6.45) is 0. The van der Waals surface area contributed by atoms with Gasteiger partial charge in [0.25, 0.3) is 0 Å². The number of halogens is 1. The number of methoxy groups -OCH3 is 1. The van der Waals surface area contributed by atoms with E-state index < -0.39 is 5.97 Å². The molecule has 0 aliphatic rings. The van der Waals surface area contributed by atoms with Crippen LogP contribution in [0, 0.1) is 6.92 Å². The molecular weight excluding hydrogens is 292 g/mol. The third-order valence-corrected chi connectivity index (χ3v) is 3.37. The molecule has 0 aliphatic heterocycles. The Morgan fingerprint density at radius 1 is 1.43 bits per heavy atom. The minimum Gasteiger partial charge on any atom is -0.495 e. The van der Waals surface area contributed by atoms with Gasteiger partial charge in [-0.2, -0.15) is 0 Å². The van der Waals surface area contributed by atoms with Crippen molar-refractivity contribution in [2.75, 3.05) is 12.4 Å². The minimum absolute atomic E-state index is 0.0218. The molecule has 0 saturated carbocycles. The topological polar surface area (TPSA) is 71.5 Å². The molecule has 1 heterocycles. The number of pyridine rings is 1. The van der Waals surface area contributed by atoms with Crippen LogP contribution >= 0.6 is 11.6 Å². The number of aromatic carboxylic acids is 1. The zero-order valence-corrected chi connectivity index (χ0v) is 12.4. The van der Waals surface area contributed by atoms with Crippen LogP contribution in [0.4, 0.5) is 5.69 Å². The largest absolute Gasteiger partial charge is 0.495 e. The van der Waals surface area contributed by atoms with Gasteiger partial charge in [0.15, 0.2) is 0 Å². The Morgan fingerprint density at radius 3 is 2.86 bits per heavy atom. The van der Waals surface area contributed by atoms with E-state index in [4.69, 9.17) is 21.4 Å². The number of rotatable bonds is 5. The van der Waals surface area contributed by atoms with Gasteiger partial charge in [0.1, 0.15) is 11.4 Å². The predicted octanol–water partition coefficient (Wildman–Crippen LogP) is 3.36. The summed E-state index contributed by atoms with van der Waals surface area (Å²) < 4.78 is 5.27. The summed E-state index contributed by atoms with van der Waals surface area (Å²) in [6.45, 7) is 2.29. The molecule has 0 radical (unpaired) electrons. The van der Waals surface area contributed by atoms with Crippen molar-refractivity contribution in [1.82, 2.24) is 4.98 Å². The number of hydrogen-bond acceptors (Lipinski definition) is 4. The van der Waals surface area contributed by atoms with Crippen LogP contribution in [-0.2, 0) is 6.54 Å². The van der Waals surface area contributed by atoms with E-state index >= 15 is 0 Å². The maximum atomic E-state index is 10.9. The monoisotopic (exact) mass is 306 g/mol. The maximum absolute atomic E-state index is 10.9. The molecule has 0 atom stereocenters. The van der Waals surface area contributed by atoms with Gasteiger partial charge in [-0.1, -0.05) is 17.7 Å². The number of carboxylic acid groups (broad SMARTS) is 1. The molecule has 0 saturated heterocycles. The van der Waals surface area contributed by atoms with Crippen molar-refractivity contribution in [3.8, 4) is 5.75 Å². The van der Waals surface area contributed by atoms with E-state index in [-0.39, 0.29) is 5.69 Å². The number of hydrogen-bond donors (Lipinski definition) is 2. The highest BCUT2D eigenvalue weighted by Gasteiger charge is 2.08. The summed E-state index contributed by atoms with van der Waals surface area (Å²) >= 11 is 6.05. The molecule has 21 heavy (non-hydrogen) atoms. The zero-order chi connectivity index (χ0) is 15.4. The summed E-state index contributed by atoms with van der Waals surface area (Å²) in [5, 5.41) is 12.7. The van der Waals surface area contributed by atoms with Crippen molar-refractivity contribution >= 4 is 23.3 Å². The van der Waals surface area contributed by atoms with E-state index in [0.717, 1.165) is 11.3 Å². The molecule has 0 fully saturated rings. The van der Waals surface area contributed by atoms with E-state index in [1.54, 1.807) is 25.3 Å². The third kappa shape index (κ3) is 3.64. The SMILES string of the molecule is COc1cc(Cl)c(C)cc1NCc1cccc(C(=O)O)n1. The predicted molar refractivity (Wildman–Crippen MR) is 81.3 cm³/mol.